The van der Waals surface area contributed by atoms with Gasteiger partial charge in [-0.2, -0.15) is 0 Å². The molecule has 2 fully saturated rings. The van der Waals surface area contributed by atoms with Gasteiger partial charge in [-0.3, -0.25) is 4.79 Å². The summed E-state index contributed by atoms with van der Waals surface area (Å²) in [6.07, 6.45) is 3.27. The number of rotatable bonds is 4. The number of fused-ring (bicyclic) bond motifs is 1. The number of carbonyl (C=O) groups is 1. The van der Waals surface area contributed by atoms with E-state index in [0.29, 0.717) is 24.0 Å². The van der Waals surface area contributed by atoms with Crippen molar-refractivity contribution in [2.75, 3.05) is 11.1 Å². The lowest BCUT2D eigenvalue weighted by atomic mass is 9.99. The number of nitrogen functional groups attached to an aromatic ring is 1. The molecular formula is C21H19FN4O. The SMILES string of the molecule is Nc1nc(-c2ccccc2C2CC2)cc2cc(NC(=O)[C@@H]3C[C@@H]3F)ncc12. The summed E-state index contributed by atoms with van der Waals surface area (Å²) in [7, 11) is 0. The first-order valence-corrected chi connectivity index (χ1v) is 9.20. The minimum atomic E-state index is -1.03. The van der Waals surface area contributed by atoms with E-state index in [1.165, 1.54) is 18.4 Å². The van der Waals surface area contributed by atoms with Crippen LogP contribution in [-0.4, -0.2) is 22.0 Å². The topological polar surface area (TPSA) is 80.9 Å². The van der Waals surface area contributed by atoms with Crippen LogP contribution in [-0.2, 0) is 4.79 Å². The van der Waals surface area contributed by atoms with Gasteiger partial charge in [-0.05, 0) is 48.3 Å². The minimum absolute atomic E-state index is 0.290. The molecule has 27 heavy (non-hydrogen) atoms. The third kappa shape index (κ3) is 3.01. The average Bonchev–Trinajstić information content (AvgIpc) is 3.57. The van der Waals surface area contributed by atoms with Crippen LogP contribution in [0.25, 0.3) is 22.0 Å². The molecular weight excluding hydrogens is 343 g/mol. The van der Waals surface area contributed by atoms with E-state index in [2.05, 4.69) is 33.5 Å². The molecule has 0 saturated heterocycles. The molecule has 3 N–H and O–H groups in total. The predicted octanol–water partition coefficient (Wildman–Crippen LogP) is 4.05. The highest BCUT2D eigenvalue weighted by Crippen LogP contribution is 2.44. The third-order valence-corrected chi connectivity index (χ3v) is 5.30. The maximum atomic E-state index is 13.1. The molecule has 2 saturated carbocycles. The van der Waals surface area contributed by atoms with E-state index < -0.39 is 12.1 Å². The van der Waals surface area contributed by atoms with Crippen LogP contribution in [0, 0.1) is 5.92 Å². The van der Waals surface area contributed by atoms with Gasteiger partial charge in [-0.15, -0.1) is 0 Å². The molecule has 2 aliphatic rings. The molecule has 2 heterocycles. The molecule has 5 nitrogen and oxygen atoms in total. The molecule has 1 aromatic carbocycles. The summed E-state index contributed by atoms with van der Waals surface area (Å²) in [6, 6.07) is 12.0. The summed E-state index contributed by atoms with van der Waals surface area (Å²) < 4.78 is 13.1. The molecule has 0 radical (unpaired) electrons. The molecule has 2 aromatic heterocycles. The van der Waals surface area contributed by atoms with Crippen molar-refractivity contribution >= 4 is 28.3 Å². The highest BCUT2D eigenvalue weighted by molar-refractivity contribution is 5.98. The van der Waals surface area contributed by atoms with E-state index in [4.69, 9.17) is 5.73 Å². The maximum Gasteiger partial charge on any atom is 0.231 e. The number of nitrogens with zero attached hydrogens (tertiary/aromatic N) is 2. The van der Waals surface area contributed by atoms with Gasteiger partial charge in [0.1, 0.15) is 17.8 Å². The fourth-order valence-electron chi connectivity index (χ4n) is 3.52. The number of pyridine rings is 2. The zero-order valence-electron chi connectivity index (χ0n) is 14.7. The first-order chi connectivity index (χ1) is 13.1. The molecule has 0 unspecified atom stereocenters. The number of amides is 1. The van der Waals surface area contributed by atoms with E-state index >= 15 is 0 Å². The highest BCUT2D eigenvalue weighted by Gasteiger charge is 2.43. The molecule has 2 atom stereocenters. The Labute approximate surface area is 155 Å². The molecule has 3 aromatic rings. The Morgan fingerprint density at radius 1 is 1.22 bits per heavy atom. The lowest BCUT2D eigenvalue weighted by Gasteiger charge is -2.11. The summed E-state index contributed by atoms with van der Waals surface area (Å²) in [5, 5.41) is 4.27. The summed E-state index contributed by atoms with van der Waals surface area (Å²) in [5.41, 5.74) is 9.38. The highest BCUT2D eigenvalue weighted by atomic mass is 19.1. The zero-order chi connectivity index (χ0) is 18.5. The van der Waals surface area contributed by atoms with Crippen molar-refractivity contribution < 1.29 is 9.18 Å². The number of hydrogen-bond acceptors (Lipinski definition) is 4. The third-order valence-electron chi connectivity index (χ3n) is 5.30. The van der Waals surface area contributed by atoms with Gasteiger partial charge in [0.25, 0.3) is 0 Å². The van der Waals surface area contributed by atoms with Crippen LogP contribution in [0.3, 0.4) is 0 Å². The van der Waals surface area contributed by atoms with Crippen LogP contribution >= 0.6 is 0 Å². The van der Waals surface area contributed by atoms with Crippen LogP contribution in [0.5, 0.6) is 0 Å². The van der Waals surface area contributed by atoms with Crippen molar-refractivity contribution in [1.82, 2.24) is 9.97 Å². The predicted molar refractivity (Wildman–Crippen MR) is 103 cm³/mol. The largest absolute Gasteiger partial charge is 0.383 e. The van der Waals surface area contributed by atoms with Crippen molar-refractivity contribution in [3.8, 4) is 11.3 Å². The fraction of sp³-hybridized carbons (Fsp3) is 0.286. The van der Waals surface area contributed by atoms with Crippen LogP contribution in [0.2, 0.25) is 0 Å². The molecule has 6 heteroatoms. The van der Waals surface area contributed by atoms with Gasteiger partial charge in [0.2, 0.25) is 5.91 Å². The molecule has 2 aliphatic carbocycles. The van der Waals surface area contributed by atoms with E-state index in [-0.39, 0.29) is 5.91 Å². The number of hydrogen-bond donors (Lipinski definition) is 2. The van der Waals surface area contributed by atoms with Crippen LogP contribution < -0.4 is 11.1 Å². The Morgan fingerprint density at radius 3 is 2.74 bits per heavy atom. The van der Waals surface area contributed by atoms with Crippen molar-refractivity contribution in [3.05, 3.63) is 48.2 Å². The van der Waals surface area contributed by atoms with Crippen LogP contribution in [0.4, 0.5) is 16.0 Å². The minimum Gasteiger partial charge on any atom is -0.383 e. The lowest BCUT2D eigenvalue weighted by molar-refractivity contribution is -0.117. The van der Waals surface area contributed by atoms with Crippen molar-refractivity contribution in [1.29, 1.82) is 0 Å². The summed E-state index contributed by atoms with van der Waals surface area (Å²) in [6.45, 7) is 0. The average molecular weight is 362 g/mol. The first-order valence-electron chi connectivity index (χ1n) is 9.20. The Bertz CT molecular complexity index is 1060. The second-order valence-electron chi connectivity index (χ2n) is 7.39. The number of nitrogens with two attached hydrogens (primary N) is 1. The number of anilines is 2. The van der Waals surface area contributed by atoms with Crippen LogP contribution in [0.15, 0.2) is 42.6 Å². The smallest absolute Gasteiger partial charge is 0.231 e. The van der Waals surface area contributed by atoms with Crippen molar-refractivity contribution in [2.24, 2.45) is 5.92 Å². The summed E-state index contributed by atoms with van der Waals surface area (Å²) >= 11 is 0. The number of carbonyl (C=O) groups excluding carboxylic acids is 1. The number of nitrogens with one attached hydrogen (secondary N) is 1. The second-order valence-corrected chi connectivity index (χ2v) is 7.39. The zero-order valence-corrected chi connectivity index (χ0v) is 14.7. The molecule has 136 valence electrons. The van der Waals surface area contributed by atoms with Gasteiger partial charge in [-0.1, -0.05) is 24.3 Å². The van der Waals surface area contributed by atoms with Gasteiger partial charge in [0.05, 0.1) is 11.6 Å². The molecule has 0 spiro atoms. The van der Waals surface area contributed by atoms with Gasteiger partial charge < -0.3 is 11.1 Å². The second kappa shape index (κ2) is 6.01. The molecule has 0 aliphatic heterocycles. The van der Waals surface area contributed by atoms with E-state index in [1.54, 1.807) is 12.3 Å². The van der Waals surface area contributed by atoms with Gasteiger partial charge in [0.15, 0.2) is 0 Å². The summed E-state index contributed by atoms with van der Waals surface area (Å²) in [5.74, 6) is 0.532. The first kappa shape index (κ1) is 16.2. The Kier molecular flexibility index (Phi) is 3.60. The Hall–Kier alpha value is -3.02. The number of benzene rings is 1. The molecule has 0 bridgehead atoms. The van der Waals surface area contributed by atoms with E-state index in [1.807, 2.05) is 12.1 Å². The molecule has 5 rings (SSSR count). The summed E-state index contributed by atoms with van der Waals surface area (Å²) in [4.78, 5) is 20.8. The standard InChI is InChI=1S/C21H19FN4O/c22-17-9-15(17)21(27)26-19-8-12-7-18(25-20(23)16(12)10-24-19)14-4-2-1-3-13(14)11-5-6-11/h1-4,7-8,10-11,15,17H,5-6,9H2,(H2,23,25)(H,24,26,27)/t15-,17+/m1/s1. The number of alkyl halides is 1. The number of halogens is 1. The van der Waals surface area contributed by atoms with Gasteiger partial charge >= 0.3 is 0 Å². The quantitative estimate of drug-likeness (QED) is 0.734. The fourth-order valence-corrected chi connectivity index (χ4v) is 3.52. The monoisotopic (exact) mass is 362 g/mol. The Balaban J connectivity index is 1.54. The van der Waals surface area contributed by atoms with E-state index in [0.717, 1.165) is 22.0 Å². The van der Waals surface area contributed by atoms with E-state index in [9.17, 15) is 9.18 Å². The number of aromatic nitrogens is 2. The Morgan fingerprint density at radius 2 is 2.00 bits per heavy atom. The molecule has 1 amide bonds. The lowest BCUT2D eigenvalue weighted by Crippen LogP contribution is -2.15. The normalized spacial score (nSPS) is 21.2. The van der Waals surface area contributed by atoms with Crippen LogP contribution in [0.1, 0.15) is 30.7 Å². The van der Waals surface area contributed by atoms with Gasteiger partial charge in [-0.25, -0.2) is 14.4 Å². The van der Waals surface area contributed by atoms with Gasteiger partial charge in [0, 0.05) is 17.1 Å². The van der Waals surface area contributed by atoms with Crippen molar-refractivity contribution in [3.63, 3.8) is 0 Å². The maximum absolute atomic E-state index is 13.1. The van der Waals surface area contributed by atoms with Crippen molar-refractivity contribution in [2.45, 2.75) is 31.4 Å².